The summed E-state index contributed by atoms with van der Waals surface area (Å²) in [5, 5.41) is 0. The Hall–Kier alpha value is -4.71. The lowest BCUT2D eigenvalue weighted by atomic mass is 10.0. The number of aromatic nitrogens is 4. The van der Waals surface area contributed by atoms with Crippen LogP contribution in [0, 0.1) is 0 Å². The van der Waals surface area contributed by atoms with Gasteiger partial charge in [-0.05, 0) is 47.9 Å². The summed E-state index contributed by atoms with van der Waals surface area (Å²) in [6, 6.07) is 21.6. The first-order chi connectivity index (χ1) is 26.6. The first-order valence-corrected chi connectivity index (χ1v) is 20.7. The Morgan fingerprint density at radius 3 is 1.20 bits per heavy atom. The number of aryl methyl sites for hydroxylation is 2. The number of methoxy groups -OCH3 is 1. The summed E-state index contributed by atoms with van der Waals surface area (Å²) in [6.07, 6.45) is 30.8. The van der Waals surface area contributed by atoms with Crippen LogP contribution in [-0.2, 0) is 12.8 Å². The number of rotatable bonds is 23. The van der Waals surface area contributed by atoms with E-state index in [1.54, 1.807) is 7.11 Å². The van der Waals surface area contributed by atoms with Crippen LogP contribution in [0.25, 0.3) is 45.0 Å². The molecule has 0 amide bonds. The second-order valence-corrected chi connectivity index (χ2v) is 14.6. The molecule has 0 aliphatic rings. The highest BCUT2D eigenvalue weighted by Crippen LogP contribution is 2.31. The molecule has 0 saturated heterocycles. The fraction of sp³-hybridized carbons (Fsp3) is 0.438. The molecular weight excluding hydrogens is 665 g/mol. The Morgan fingerprint density at radius 2 is 0.796 bits per heavy atom. The zero-order chi connectivity index (χ0) is 37.8. The van der Waals surface area contributed by atoms with Crippen LogP contribution in [0.5, 0.6) is 5.75 Å². The average molecular weight is 725 g/mol. The Balaban J connectivity index is 1.18. The van der Waals surface area contributed by atoms with E-state index < -0.39 is 0 Å². The minimum absolute atomic E-state index is 0.161. The Bertz CT molecular complexity index is 1870. The normalized spacial score (nSPS) is 11.2. The third-order valence-electron chi connectivity index (χ3n) is 10.4. The van der Waals surface area contributed by atoms with E-state index >= 15 is 0 Å². The summed E-state index contributed by atoms with van der Waals surface area (Å²) in [5.41, 5.74) is 7.06. The van der Waals surface area contributed by atoms with Gasteiger partial charge in [0.1, 0.15) is 0 Å². The van der Waals surface area contributed by atoms with E-state index in [9.17, 15) is 4.79 Å². The second-order valence-electron chi connectivity index (χ2n) is 14.6. The van der Waals surface area contributed by atoms with E-state index in [0.29, 0.717) is 23.0 Å². The van der Waals surface area contributed by atoms with Crippen LogP contribution in [0.1, 0.15) is 128 Å². The fourth-order valence-corrected chi connectivity index (χ4v) is 7.08. The predicted octanol–water partition coefficient (Wildman–Crippen LogP) is 12.7. The van der Waals surface area contributed by atoms with Crippen molar-refractivity contribution in [1.29, 1.82) is 0 Å². The predicted molar refractivity (Wildman–Crippen MR) is 225 cm³/mol. The number of hydrogen-bond acceptors (Lipinski definition) is 6. The molecule has 0 radical (unpaired) electrons. The molecule has 0 saturated carbocycles. The van der Waals surface area contributed by atoms with Crippen molar-refractivity contribution in [1.82, 2.24) is 19.9 Å². The van der Waals surface area contributed by atoms with Crippen LogP contribution in [0.15, 0.2) is 96.3 Å². The third-order valence-corrected chi connectivity index (χ3v) is 10.4. The monoisotopic (exact) mass is 724 g/mol. The number of ether oxygens (including phenoxy) is 1. The molecule has 6 heteroatoms. The van der Waals surface area contributed by atoms with Crippen molar-refractivity contribution in [3.63, 3.8) is 0 Å². The number of hydrogen-bond donors (Lipinski definition) is 0. The van der Waals surface area contributed by atoms with Gasteiger partial charge in [0.2, 0.25) is 5.43 Å². The van der Waals surface area contributed by atoms with Crippen molar-refractivity contribution in [2.45, 2.75) is 129 Å². The number of nitrogens with zero attached hydrogens (tertiary/aromatic N) is 4. The smallest absolute Gasteiger partial charge is 0.228 e. The summed E-state index contributed by atoms with van der Waals surface area (Å²) in [7, 11) is 1.56. The van der Waals surface area contributed by atoms with E-state index in [-0.39, 0.29) is 5.43 Å². The zero-order valence-corrected chi connectivity index (χ0v) is 33.0. The molecule has 0 aliphatic carbocycles. The molecule has 0 atom stereocenters. The molecule has 284 valence electrons. The fourth-order valence-electron chi connectivity index (χ4n) is 7.08. The van der Waals surface area contributed by atoms with Crippen LogP contribution in [0.2, 0.25) is 0 Å². The number of benzene rings is 2. The van der Waals surface area contributed by atoms with Crippen LogP contribution in [0.4, 0.5) is 0 Å². The maximum atomic E-state index is 13.9. The van der Waals surface area contributed by atoms with Crippen molar-refractivity contribution < 1.29 is 4.74 Å². The molecule has 0 fully saturated rings. The lowest BCUT2D eigenvalue weighted by molar-refractivity contribution is 0.413. The molecule has 54 heavy (non-hydrogen) atoms. The Morgan fingerprint density at radius 1 is 0.444 bits per heavy atom. The van der Waals surface area contributed by atoms with Gasteiger partial charge in [-0.2, -0.15) is 0 Å². The summed E-state index contributed by atoms with van der Waals surface area (Å²) in [5.74, 6) is 1.69. The van der Waals surface area contributed by atoms with Crippen LogP contribution in [0.3, 0.4) is 0 Å². The topological polar surface area (TPSA) is 77.9 Å². The highest BCUT2D eigenvalue weighted by atomic mass is 16.5. The van der Waals surface area contributed by atoms with Crippen LogP contribution in [-0.4, -0.2) is 27.0 Å². The van der Waals surface area contributed by atoms with Gasteiger partial charge in [-0.1, -0.05) is 170 Å². The van der Waals surface area contributed by atoms with Crippen molar-refractivity contribution in [3.05, 3.63) is 113 Å². The van der Waals surface area contributed by atoms with Gasteiger partial charge in [-0.15, -0.1) is 0 Å². The molecule has 0 N–H and O–H groups in total. The van der Waals surface area contributed by atoms with Gasteiger partial charge in [-0.3, -0.25) is 4.79 Å². The molecule has 6 nitrogen and oxygen atoms in total. The van der Waals surface area contributed by atoms with Crippen molar-refractivity contribution in [2.24, 2.45) is 0 Å². The van der Waals surface area contributed by atoms with Gasteiger partial charge < -0.3 is 4.74 Å². The molecule has 0 aliphatic heterocycles. The molecule has 0 spiro atoms. The third kappa shape index (κ3) is 12.2. The quantitative estimate of drug-likeness (QED) is 0.0624. The molecule has 2 aromatic heterocycles. The highest BCUT2D eigenvalue weighted by Gasteiger charge is 2.14. The summed E-state index contributed by atoms with van der Waals surface area (Å²) in [6.45, 7) is 4.52. The molecule has 3 aromatic carbocycles. The highest BCUT2D eigenvalue weighted by molar-refractivity contribution is 5.76. The van der Waals surface area contributed by atoms with E-state index in [2.05, 4.69) is 33.8 Å². The van der Waals surface area contributed by atoms with Gasteiger partial charge in [0, 0.05) is 47.0 Å². The van der Waals surface area contributed by atoms with E-state index in [1.807, 2.05) is 91.5 Å². The standard InChI is InChI=1S/C48H60N4O2/c1-4-6-8-10-12-14-16-18-21-37-33-49-47(50-34-37)41-29-25-39(26-30-41)43-23-20-24-44(46(54-3)45(43)53)40-27-31-42(32-28-40)48-51-35-38(36-52-48)22-19-17-15-13-11-9-7-5-2/h20,23-36H,4-19,21-22H2,1-3H3. The largest absolute Gasteiger partial charge is 0.492 e. The lowest BCUT2D eigenvalue weighted by Gasteiger charge is -2.08. The van der Waals surface area contributed by atoms with E-state index in [1.165, 1.54) is 114 Å². The minimum Gasteiger partial charge on any atom is -0.492 e. The second kappa shape index (κ2) is 22.5. The Labute approximate surface area is 323 Å². The first kappa shape index (κ1) is 40.5. The van der Waals surface area contributed by atoms with Gasteiger partial charge in [0.25, 0.3) is 0 Å². The van der Waals surface area contributed by atoms with Gasteiger partial charge in [0.05, 0.1) is 7.11 Å². The van der Waals surface area contributed by atoms with Crippen molar-refractivity contribution in [2.75, 3.05) is 7.11 Å². The van der Waals surface area contributed by atoms with E-state index in [0.717, 1.165) is 40.7 Å². The summed E-state index contributed by atoms with van der Waals surface area (Å²) in [4.78, 5) is 32.5. The molecule has 0 unspecified atom stereocenters. The maximum Gasteiger partial charge on any atom is 0.228 e. The van der Waals surface area contributed by atoms with Gasteiger partial charge in [-0.25, -0.2) is 19.9 Å². The molecule has 5 aromatic rings. The number of unbranched alkanes of at least 4 members (excludes halogenated alkanes) is 14. The summed E-state index contributed by atoms with van der Waals surface area (Å²) < 4.78 is 5.76. The van der Waals surface area contributed by atoms with Gasteiger partial charge in [0.15, 0.2) is 17.4 Å². The van der Waals surface area contributed by atoms with Crippen LogP contribution >= 0.6 is 0 Å². The maximum absolute atomic E-state index is 13.9. The minimum atomic E-state index is -0.161. The zero-order valence-electron chi connectivity index (χ0n) is 33.0. The Kier molecular flexibility index (Phi) is 16.9. The summed E-state index contributed by atoms with van der Waals surface area (Å²) >= 11 is 0. The molecule has 2 heterocycles. The first-order valence-electron chi connectivity index (χ1n) is 20.7. The van der Waals surface area contributed by atoms with Crippen molar-refractivity contribution in [3.8, 4) is 50.8 Å². The lowest BCUT2D eigenvalue weighted by Crippen LogP contribution is -2.06. The van der Waals surface area contributed by atoms with E-state index in [4.69, 9.17) is 4.74 Å². The van der Waals surface area contributed by atoms with Crippen molar-refractivity contribution >= 4 is 0 Å². The van der Waals surface area contributed by atoms with Crippen LogP contribution < -0.4 is 10.2 Å². The molecule has 5 rings (SSSR count). The average Bonchev–Trinajstić information content (AvgIpc) is 3.38. The SMILES string of the molecule is CCCCCCCCCCc1cnc(-c2ccc(-c3cccc(-c4ccc(-c5ncc(CCCCCCCCCC)cn5)cc4)c(=O)c3OC)cc2)nc1. The molecular formula is C48H60N4O2. The molecule has 0 bridgehead atoms. The van der Waals surface area contributed by atoms with Gasteiger partial charge >= 0.3 is 0 Å².